The number of hydrogen-bond acceptors (Lipinski definition) is 5. The number of hydrogen-bond donors (Lipinski definition) is 0. The van der Waals surface area contributed by atoms with Gasteiger partial charge >= 0.3 is 11.6 Å². The Hall–Kier alpha value is -2.64. The lowest BCUT2D eigenvalue weighted by molar-refractivity contribution is -0.677. The molecule has 0 spiro atoms. The van der Waals surface area contributed by atoms with E-state index in [9.17, 15) is 15.3 Å². The maximum absolute atomic E-state index is 12.4. The van der Waals surface area contributed by atoms with Gasteiger partial charge in [-0.05, 0) is 29.9 Å². The molecule has 0 radical (unpaired) electrons. The van der Waals surface area contributed by atoms with E-state index in [1.165, 1.54) is 0 Å². The van der Waals surface area contributed by atoms with Crippen molar-refractivity contribution >= 4 is 11.6 Å². The topological polar surface area (TPSA) is 91.1 Å². The molecule has 104 valence electrons. The molecule has 1 aliphatic heterocycles. The fourth-order valence-electron chi connectivity index (χ4n) is 2.38. The van der Waals surface area contributed by atoms with Crippen LogP contribution >= 0.6 is 0 Å². The van der Waals surface area contributed by atoms with E-state index >= 15 is 0 Å². The maximum atomic E-state index is 12.4. The number of rotatable bonds is 3. The Bertz CT molecular complexity index is 634. The molecule has 0 amide bonds. The molecule has 20 heavy (non-hydrogen) atoms. The van der Waals surface area contributed by atoms with E-state index in [2.05, 4.69) is 5.10 Å². The summed E-state index contributed by atoms with van der Waals surface area (Å²) in [5, 5.41) is 27.3. The fourth-order valence-corrected chi connectivity index (χ4v) is 2.38. The van der Waals surface area contributed by atoms with Crippen LogP contribution < -0.4 is 9.75 Å². The van der Waals surface area contributed by atoms with Crippen LogP contribution in [0.15, 0.2) is 30.3 Å². The Labute approximate surface area is 114 Å². The third kappa shape index (κ3) is 1.94. The normalized spacial score (nSPS) is 14.7. The minimum absolute atomic E-state index is 0.0244. The van der Waals surface area contributed by atoms with E-state index in [1.807, 2.05) is 0 Å². The zero-order valence-corrected chi connectivity index (χ0v) is 10.7. The lowest BCUT2D eigenvalue weighted by atomic mass is 10.3. The zero-order valence-electron chi connectivity index (χ0n) is 10.7. The van der Waals surface area contributed by atoms with Gasteiger partial charge in [0.25, 0.3) is 0 Å². The summed E-state index contributed by atoms with van der Waals surface area (Å²) in [5.74, 6) is -0.373. The molecule has 1 aromatic carbocycles. The van der Waals surface area contributed by atoms with Crippen molar-refractivity contribution in [2.24, 2.45) is 0 Å². The van der Waals surface area contributed by atoms with E-state index < -0.39 is 10.7 Å². The summed E-state index contributed by atoms with van der Waals surface area (Å²) < 4.78 is 0. The van der Waals surface area contributed by atoms with Crippen LogP contribution in [0.25, 0.3) is 5.69 Å². The molecule has 0 saturated carbocycles. The highest BCUT2D eigenvalue weighted by atomic mass is 16.6. The Morgan fingerprint density at radius 3 is 2.45 bits per heavy atom. The predicted molar refractivity (Wildman–Crippen MR) is 70.6 cm³/mol. The second-order valence-corrected chi connectivity index (χ2v) is 4.60. The summed E-state index contributed by atoms with van der Waals surface area (Å²) in [4.78, 5) is 13.8. The van der Waals surface area contributed by atoms with Crippen molar-refractivity contribution in [3.05, 3.63) is 45.7 Å². The van der Waals surface area contributed by atoms with Crippen LogP contribution in [0.1, 0.15) is 12.8 Å². The summed E-state index contributed by atoms with van der Waals surface area (Å²) in [7, 11) is 0. The molecule has 1 aliphatic rings. The van der Waals surface area contributed by atoms with Crippen LogP contribution in [0.3, 0.4) is 0 Å². The van der Waals surface area contributed by atoms with Crippen molar-refractivity contribution < 1.29 is 9.77 Å². The van der Waals surface area contributed by atoms with Gasteiger partial charge in [-0.3, -0.25) is 4.90 Å². The van der Waals surface area contributed by atoms with Crippen molar-refractivity contribution in [3.63, 3.8) is 0 Å². The van der Waals surface area contributed by atoms with Crippen molar-refractivity contribution in [2.45, 2.75) is 12.8 Å². The molecule has 1 saturated heterocycles. The van der Waals surface area contributed by atoms with Gasteiger partial charge < -0.3 is 15.3 Å². The molecule has 2 aromatic rings. The van der Waals surface area contributed by atoms with E-state index in [4.69, 9.17) is 0 Å². The lowest BCUT2D eigenvalue weighted by Crippen LogP contribution is -2.42. The molecular weight excluding hydrogens is 262 g/mol. The molecular formula is C12H13N5O3. The van der Waals surface area contributed by atoms with Crippen LogP contribution in [0.5, 0.6) is 0 Å². The standard InChI is InChI=1S/C12H13N5O3/c18-16-12(14-8-4-5-9-14)11(17(19)20)13-15(16)10-6-2-1-3-7-10/h1-3,6-7H,4-5,8-9H2. The first-order valence-corrected chi connectivity index (χ1v) is 6.36. The smallest absolute Gasteiger partial charge is 0.428 e. The zero-order chi connectivity index (χ0) is 14.1. The summed E-state index contributed by atoms with van der Waals surface area (Å²) in [6.07, 6.45) is 1.85. The first kappa shape index (κ1) is 12.4. The number of para-hydroxylation sites is 1. The first-order valence-electron chi connectivity index (χ1n) is 6.36. The monoisotopic (exact) mass is 275 g/mol. The van der Waals surface area contributed by atoms with Crippen LogP contribution in [0, 0.1) is 15.3 Å². The van der Waals surface area contributed by atoms with Gasteiger partial charge in [-0.1, -0.05) is 23.0 Å². The van der Waals surface area contributed by atoms with Gasteiger partial charge in [0.1, 0.15) is 5.69 Å². The van der Waals surface area contributed by atoms with Gasteiger partial charge in [-0.2, -0.15) is 4.85 Å². The fraction of sp³-hybridized carbons (Fsp3) is 0.333. The Morgan fingerprint density at radius 2 is 1.85 bits per heavy atom. The quantitative estimate of drug-likeness (QED) is 0.361. The maximum Gasteiger partial charge on any atom is 0.428 e. The second-order valence-electron chi connectivity index (χ2n) is 4.60. The summed E-state index contributed by atoms with van der Waals surface area (Å²) in [6.45, 7) is 1.28. The predicted octanol–water partition coefficient (Wildman–Crippen LogP) is 1.01. The molecule has 0 aliphatic carbocycles. The van der Waals surface area contributed by atoms with Gasteiger partial charge in [-0.15, -0.1) is 0 Å². The van der Waals surface area contributed by atoms with Gasteiger partial charge in [-0.25, -0.2) is 0 Å². The molecule has 1 aromatic heterocycles. The third-order valence-electron chi connectivity index (χ3n) is 3.31. The lowest BCUT2D eigenvalue weighted by Gasteiger charge is -2.14. The highest BCUT2D eigenvalue weighted by molar-refractivity contribution is 5.49. The highest BCUT2D eigenvalue weighted by Gasteiger charge is 2.34. The van der Waals surface area contributed by atoms with E-state index in [-0.39, 0.29) is 5.82 Å². The number of nitro groups is 1. The molecule has 0 N–H and O–H groups in total. The number of aromatic nitrogens is 3. The Kier molecular flexibility index (Phi) is 2.97. The van der Waals surface area contributed by atoms with E-state index in [1.54, 1.807) is 35.2 Å². The second kappa shape index (κ2) is 4.80. The van der Waals surface area contributed by atoms with Gasteiger partial charge in [0.15, 0.2) is 0 Å². The Morgan fingerprint density at radius 1 is 1.20 bits per heavy atom. The third-order valence-corrected chi connectivity index (χ3v) is 3.31. The molecule has 0 unspecified atom stereocenters. The highest BCUT2D eigenvalue weighted by Crippen LogP contribution is 2.26. The van der Waals surface area contributed by atoms with Crippen LogP contribution in [-0.2, 0) is 0 Å². The van der Waals surface area contributed by atoms with Crippen LogP contribution in [0.2, 0.25) is 0 Å². The van der Waals surface area contributed by atoms with Crippen LogP contribution in [-0.4, -0.2) is 27.9 Å². The number of benzene rings is 1. The first-order chi connectivity index (χ1) is 9.68. The van der Waals surface area contributed by atoms with Crippen molar-refractivity contribution in [1.29, 1.82) is 0 Å². The molecule has 2 heterocycles. The SMILES string of the molecule is O=[N+]([O-])c1nn(-c2ccccc2)[n+]([O-])c1N1CCCC1. The van der Waals surface area contributed by atoms with Crippen molar-refractivity contribution in [2.75, 3.05) is 18.0 Å². The molecule has 1 fully saturated rings. The van der Waals surface area contributed by atoms with Crippen molar-refractivity contribution in [3.8, 4) is 5.69 Å². The van der Waals surface area contributed by atoms with Gasteiger partial charge in [0, 0.05) is 5.10 Å². The minimum atomic E-state index is -0.610. The number of anilines is 1. The molecule has 0 atom stereocenters. The van der Waals surface area contributed by atoms with E-state index in [0.717, 1.165) is 17.6 Å². The van der Waals surface area contributed by atoms with Gasteiger partial charge in [0.05, 0.1) is 13.1 Å². The minimum Gasteiger partial charge on any atom is -0.723 e. The summed E-state index contributed by atoms with van der Waals surface area (Å²) in [5.41, 5.74) is 0.496. The molecule has 8 heteroatoms. The average Bonchev–Trinajstić information content (AvgIpc) is 3.06. The van der Waals surface area contributed by atoms with E-state index in [0.29, 0.717) is 23.6 Å². The van der Waals surface area contributed by atoms with Crippen LogP contribution in [0.4, 0.5) is 11.6 Å². The van der Waals surface area contributed by atoms with Gasteiger partial charge in [0.2, 0.25) is 0 Å². The summed E-state index contributed by atoms with van der Waals surface area (Å²) in [6, 6.07) is 8.66. The van der Waals surface area contributed by atoms with Crippen molar-refractivity contribution in [1.82, 2.24) is 9.90 Å². The Balaban J connectivity index is 2.13. The molecule has 0 bridgehead atoms. The molecule has 3 rings (SSSR count). The number of nitrogens with zero attached hydrogens (tertiary/aromatic N) is 5. The summed E-state index contributed by atoms with van der Waals surface area (Å²) >= 11 is 0. The average molecular weight is 275 g/mol. The largest absolute Gasteiger partial charge is 0.723 e. The molecule has 8 nitrogen and oxygen atoms in total.